The molecule has 0 aliphatic heterocycles. The van der Waals surface area contributed by atoms with Gasteiger partial charge in [-0.3, -0.25) is 4.79 Å². The predicted octanol–water partition coefficient (Wildman–Crippen LogP) is -0.0735. The number of hydrogen-bond donors (Lipinski definition) is 3. The van der Waals surface area contributed by atoms with Gasteiger partial charge in [0.2, 0.25) is 0 Å². The van der Waals surface area contributed by atoms with Gasteiger partial charge in [0.25, 0.3) is 0 Å². The molecule has 72 valence electrons. The van der Waals surface area contributed by atoms with Crippen LogP contribution in [0.5, 0.6) is 0 Å². The molecule has 1 aromatic heterocycles. The van der Waals surface area contributed by atoms with Crippen molar-refractivity contribution in [1.29, 1.82) is 0 Å². The van der Waals surface area contributed by atoms with E-state index >= 15 is 0 Å². The highest BCUT2D eigenvalue weighted by molar-refractivity contribution is 5.73. The van der Waals surface area contributed by atoms with Crippen molar-refractivity contribution >= 4 is 5.97 Å². The number of carboxylic acids is 1. The second-order valence-corrected chi connectivity index (χ2v) is 2.83. The number of hydrogen-bond acceptors (Lipinski definition) is 3. The number of aromatic nitrogens is 2. The zero-order chi connectivity index (χ0) is 9.84. The molecule has 0 fully saturated rings. The minimum atomic E-state index is -0.989. The minimum absolute atomic E-state index is 0.304. The summed E-state index contributed by atoms with van der Waals surface area (Å²) in [6.45, 7) is 1.96. The lowest BCUT2D eigenvalue weighted by Crippen LogP contribution is -2.32. The Kier molecular flexibility index (Phi) is 3.02. The number of aliphatic carboxylic acids is 1. The number of aromatic amines is 1. The van der Waals surface area contributed by atoms with E-state index in [9.17, 15) is 4.79 Å². The first-order chi connectivity index (χ1) is 6.15. The normalized spacial score (nSPS) is 12.8. The van der Waals surface area contributed by atoms with E-state index in [2.05, 4.69) is 9.97 Å². The van der Waals surface area contributed by atoms with Crippen molar-refractivity contribution in [2.75, 3.05) is 0 Å². The Balaban J connectivity index is 2.68. The molecular weight excluding hydrogens is 170 g/mol. The molecule has 0 radical (unpaired) electrons. The van der Waals surface area contributed by atoms with Gasteiger partial charge < -0.3 is 15.8 Å². The lowest BCUT2D eigenvalue weighted by atomic mass is 10.1. The van der Waals surface area contributed by atoms with Crippen LogP contribution in [-0.2, 0) is 17.6 Å². The quantitative estimate of drug-likeness (QED) is 0.609. The molecule has 0 spiro atoms. The predicted molar refractivity (Wildman–Crippen MR) is 47.3 cm³/mol. The summed E-state index contributed by atoms with van der Waals surface area (Å²) in [7, 11) is 0. The van der Waals surface area contributed by atoms with Gasteiger partial charge in [0, 0.05) is 12.1 Å². The Labute approximate surface area is 76.0 Å². The van der Waals surface area contributed by atoms with E-state index < -0.39 is 12.0 Å². The van der Waals surface area contributed by atoms with E-state index in [1.165, 1.54) is 0 Å². The van der Waals surface area contributed by atoms with Gasteiger partial charge in [-0.1, -0.05) is 6.92 Å². The summed E-state index contributed by atoms with van der Waals surface area (Å²) in [4.78, 5) is 17.4. The zero-order valence-corrected chi connectivity index (χ0v) is 7.45. The Morgan fingerprint density at radius 2 is 2.54 bits per heavy atom. The van der Waals surface area contributed by atoms with Crippen LogP contribution in [0.25, 0.3) is 0 Å². The van der Waals surface area contributed by atoms with Crippen LogP contribution in [0.1, 0.15) is 18.3 Å². The molecular formula is C8H13N3O2. The number of nitrogens with one attached hydrogen (secondary N) is 1. The fourth-order valence-electron chi connectivity index (χ4n) is 1.14. The van der Waals surface area contributed by atoms with Crippen LogP contribution in [0, 0.1) is 0 Å². The van der Waals surface area contributed by atoms with Gasteiger partial charge in [-0.2, -0.15) is 0 Å². The maximum atomic E-state index is 10.5. The van der Waals surface area contributed by atoms with Crippen LogP contribution >= 0.6 is 0 Å². The van der Waals surface area contributed by atoms with Gasteiger partial charge in [-0.25, -0.2) is 4.98 Å². The van der Waals surface area contributed by atoms with E-state index in [0.29, 0.717) is 6.42 Å². The van der Waals surface area contributed by atoms with Crippen molar-refractivity contribution in [3.63, 3.8) is 0 Å². The van der Waals surface area contributed by atoms with Gasteiger partial charge >= 0.3 is 5.97 Å². The third kappa shape index (κ3) is 2.29. The Bertz CT molecular complexity index is 295. The monoisotopic (exact) mass is 183 g/mol. The number of carboxylic acid groups (broad SMARTS) is 1. The number of nitrogens with zero attached hydrogens (tertiary/aromatic N) is 1. The highest BCUT2D eigenvalue weighted by Gasteiger charge is 2.14. The highest BCUT2D eigenvalue weighted by atomic mass is 16.4. The van der Waals surface area contributed by atoms with E-state index in [-0.39, 0.29) is 0 Å². The van der Waals surface area contributed by atoms with Crippen molar-refractivity contribution in [1.82, 2.24) is 9.97 Å². The van der Waals surface area contributed by atoms with Gasteiger partial charge in [0.15, 0.2) is 0 Å². The van der Waals surface area contributed by atoms with Gasteiger partial charge in [-0.15, -0.1) is 0 Å². The summed E-state index contributed by atoms with van der Waals surface area (Å²) in [6, 6.07) is -0.856. The summed E-state index contributed by atoms with van der Waals surface area (Å²) < 4.78 is 0. The number of nitrogens with two attached hydrogens (primary N) is 1. The second kappa shape index (κ2) is 4.04. The molecule has 1 rings (SSSR count). The van der Waals surface area contributed by atoms with E-state index in [1.54, 1.807) is 6.33 Å². The molecule has 0 amide bonds. The SMILES string of the molecule is CCc1nc[nH]c1CC(N)C(=O)O. The third-order valence-electron chi connectivity index (χ3n) is 1.88. The molecule has 0 aromatic carbocycles. The zero-order valence-electron chi connectivity index (χ0n) is 7.45. The minimum Gasteiger partial charge on any atom is -0.480 e. The van der Waals surface area contributed by atoms with E-state index in [4.69, 9.17) is 10.8 Å². The molecule has 13 heavy (non-hydrogen) atoms. The summed E-state index contributed by atoms with van der Waals surface area (Å²) in [5.74, 6) is -0.989. The topological polar surface area (TPSA) is 92.0 Å². The summed E-state index contributed by atoms with van der Waals surface area (Å²) in [5.41, 5.74) is 7.09. The fourth-order valence-corrected chi connectivity index (χ4v) is 1.14. The van der Waals surface area contributed by atoms with Crippen LogP contribution in [0.2, 0.25) is 0 Å². The van der Waals surface area contributed by atoms with Crippen molar-refractivity contribution < 1.29 is 9.90 Å². The Hall–Kier alpha value is -1.36. The molecule has 0 saturated heterocycles. The molecule has 0 aliphatic rings. The number of H-pyrrole nitrogens is 1. The van der Waals surface area contributed by atoms with Crippen LogP contribution in [0.15, 0.2) is 6.33 Å². The van der Waals surface area contributed by atoms with E-state index in [0.717, 1.165) is 17.8 Å². The van der Waals surface area contributed by atoms with Gasteiger partial charge in [-0.05, 0) is 6.42 Å². The summed E-state index contributed by atoms with van der Waals surface area (Å²) in [5, 5.41) is 8.59. The molecule has 5 nitrogen and oxygen atoms in total. The number of aryl methyl sites for hydroxylation is 1. The van der Waals surface area contributed by atoms with Gasteiger partial charge in [0.1, 0.15) is 6.04 Å². The third-order valence-corrected chi connectivity index (χ3v) is 1.88. The largest absolute Gasteiger partial charge is 0.480 e. The molecule has 1 atom stereocenters. The average Bonchev–Trinajstić information content (AvgIpc) is 2.51. The second-order valence-electron chi connectivity index (χ2n) is 2.83. The molecule has 5 heteroatoms. The van der Waals surface area contributed by atoms with E-state index in [1.807, 2.05) is 6.92 Å². The standard InChI is InChI=1S/C8H13N3O2/c1-2-6-7(11-4-10-6)3-5(9)8(12)13/h4-5H,2-3,9H2,1H3,(H,10,11)(H,12,13). The van der Waals surface area contributed by atoms with Crippen molar-refractivity contribution in [2.24, 2.45) is 5.73 Å². The van der Waals surface area contributed by atoms with Crippen LogP contribution in [0.4, 0.5) is 0 Å². The molecule has 0 aliphatic carbocycles. The summed E-state index contributed by atoms with van der Waals surface area (Å²) in [6.07, 6.45) is 2.65. The molecule has 0 saturated carbocycles. The first kappa shape index (κ1) is 9.73. The maximum absolute atomic E-state index is 10.5. The van der Waals surface area contributed by atoms with Crippen LogP contribution in [0.3, 0.4) is 0 Å². The molecule has 1 heterocycles. The number of rotatable bonds is 4. The number of imidazole rings is 1. The molecule has 0 bridgehead atoms. The Morgan fingerprint density at radius 3 is 3.08 bits per heavy atom. The lowest BCUT2D eigenvalue weighted by Gasteiger charge is -2.05. The van der Waals surface area contributed by atoms with Crippen molar-refractivity contribution in [3.8, 4) is 0 Å². The molecule has 1 aromatic rings. The van der Waals surface area contributed by atoms with Crippen molar-refractivity contribution in [2.45, 2.75) is 25.8 Å². The highest BCUT2D eigenvalue weighted by Crippen LogP contribution is 2.05. The summed E-state index contributed by atoms with van der Waals surface area (Å²) >= 11 is 0. The molecule has 1 unspecified atom stereocenters. The van der Waals surface area contributed by atoms with Crippen LogP contribution < -0.4 is 5.73 Å². The molecule has 4 N–H and O–H groups in total. The van der Waals surface area contributed by atoms with Gasteiger partial charge in [0.05, 0.1) is 12.0 Å². The average molecular weight is 183 g/mol. The van der Waals surface area contributed by atoms with Crippen LogP contribution in [-0.4, -0.2) is 27.1 Å². The Morgan fingerprint density at radius 1 is 1.85 bits per heavy atom. The number of carbonyl (C=O) groups is 1. The first-order valence-electron chi connectivity index (χ1n) is 4.14. The maximum Gasteiger partial charge on any atom is 0.320 e. The first-order valence-corrected chi connectivity index (χ1v) is 4.14. The smallest absolute Gasteiger partial charge is 0.320 e. The van der Waals surface area contributed by atoms with Crippen molar-refractivity contribution in [3.05, 3.63) is 17.7 Å². The fraction of sp³-hybridized carbons (Fsp3) is 0.500. The lowest BCUT2D eigenvalue weighted by molar-refractivity contribution is -0.138.